The smallest absolute Gasteiger partial charge is 0.248 e. The summed E-state index contributed by atoms with van der Waals surface area (Å²) in [4.78, 5) is 17.8. The van der Waals surface area contributed by atoms with E-state index in [9.17, 15) is 13.6 Å². The third-order valence-corrected chi connectivity index (χ3v) is 6.98. The number of hydrogen-bond donors (Lipinski definition) is 0. The molecule has 2 aromatic rings. The van der Waals surface area contributed by atoms with Crippen molar-refractivity contribution < 1.29 is 13.6 Å². The van der Waals surface area contributed by atoms with E-state index < -0.39 is 11.8 Å². The minimum Gasteiger partial charge on any atom is -0.345 e. The van der Waals surface area contributed by atoms with Crippen molar-refractivity contribution in [1.82, 2.24) is 19.5 Å². The Bertz CT molecular complexity index is 883. The summed E-state index contributed by atoms with van der Waals surface area (Å²) < 4.78 is 29.2. The Labute approximate surface area is 170 Å². The summed E-state index contributed by atoms with van der Waals surface area (Å²) in [5.74, 6) is -2.26. The van der Waals surface area contributed by atoms with Gasteiger partial charge in [0.05, 0.1) is 11.4 Å². The van der Waals surface area contributed by atoms with Crippen LogP contribution in [0.15, 0.2) is 12.1 Å². The van der Waals surface area contributed by atoms with Gasteiger partial charge >= 0.3 is 0 Å². The number of rotatable bonds is 4. The third-order valence-electron chi connectivity index (χ3n) is 6.98. The molecule has 0 bridgehead atoms. The average molecular weight is 405 g/mol. The van der Waals surface area contributed by atoms with Crippen molar-refractivity contribution in [3.63, 3.8) is 0 Å². The van der Waals surface area contributed by atoms with Crippen molar-refractivity contribution in [1.29, 1.82) is 0 Å². The van der Waals surface area contributed by atoms with E-state index in [0.717, 1.165) is 61.9 Å². The molecular weight excluding hydrogens is 374 g/mol. The van der Waals surface area contributed by atoms with Gasteiger partial charge < -0.3 is 4.90 Å². The summed E-state index contributed by atoms with van der Waals surface area (Å²) in [5, 5.41) is 4.88. The van der Waals surface area contributed by atoms with E-state index in [4.69, 9.17) is 5.10 Å². The van der Waals surface area contributed by atoms with E-state index in [1.54, 1.807) is 0 Å². The molecule has 2 aromatic heterocycles. The molecule has 0 N–H and O–H groups in total. The number of carbonyl (C=O) groups is 1. The lowest BCUT2D eigenvalue weighted by Crippen LogP contribution is -2.38. The van der Waals surface area contributed by atoms with Crippen molar-refractivity contribution in [3.8, 4) is 0 Å². The van der Waals surface area contributed by atoms with Gasteiger partial charge in [-0.3, -0.25) is 4.79 Å². The van der Waals surface area contributed by atoms with Gasteiger partial charge in [0.15, 0.2) is 5.65 Å². The summed E-state index contributed by atoms with van der Waals surface area (Å²) >= 11 is 0. The third kappa shape index (κ3) is 4.01. The highest BCUT2D eigenvalue weighted by molar-refractivity contribution is 5.48. The van der Waals surface area contributed by atoms with Crippen LogP contribution in [0.5, 0.6) is 0 Å². The van der Waals surface area contributed by atoms with Crippen molar-refractivity contribution in [2.24, 2.45) is 11.8 Å². The second kappa shape index (κ2) is 7.65. The summed E-state index contributed by atoms with van der Waals surface area (Å²) in [7, 11) is 0. The Morgan fingerprint density at radius 1 is 1.17 bits per heavy atom. The van der Waals surface area contributed by atoms with Crippen molar-refractivity contribution in [3.05, 3.63) is 29.2 Å². The van der Waals surface area contributed by atoms with Crippen molar-refractivity contribution in [2.45, 2.75) is 70.6 Å². The second-order valence-electron chi connectivity index (χ2n) is 9.14. The summed E-state index contributed by atoms with van der Waals surface area (Å²) in [6.45, 7) is 6.73. The van der Waals surface area contributed by atoms with Gasteiger partial charge in [0, 0.05) is 42.6 Å². The molecule has 1 amide bonds. The van der Waals surface area contributed by atoms with Crippen LogP contribution in [-0.4, -0.2) is 44.9 Å². The molecule has 2 atom stereocenters. The number of aromatic nitrogens is 3. The number of amides is 1. The number of carbonyl (C=O) groups excluding carboxylic acids is 1. The van der Waals surface area contributed by atoms with Gasteiger partial charge in [-0.25, -0.2) is 18.3 Å². The fourth-order valence-electron chi connectivity index (χ4n) is 5.08. The summed E-state index contributed by atoms with van der Waals surface area (Å²) in [6, 6.07) is 4.10. The first-order valence-corrected chi connectivity index (χ1v) is 10.7. The maximum Gasteiger partial charge on any atom is 0.248 e. The predicted octanol–water partition coefficient (Wildman–Crippen LogP) is 4.55. The van der Waals surface area contributed by atoms with Gasteiger partial charge in [0.1, 0.15) is 0 Å². The molecule has 1 saturated carbocycles. The topological polar surface area (TPSA) is 50.5 Å². The second-order valence-corrected chi connectivity index (χ2v) is 9.14. The molecule has 29 heavy (non-hydrogen) atoms. The van der Waals surface area contributed by atoms with E-state index in [2.05, 4.69) is 18.0 Å². The molecule has 1 saturated heterocycles. The van der Waals surface area contributed by atoms with Gasteiger partial charge in [0.2, 0.25) is 12.3 Å². The number of alkyl halides is 2. The average Bonchev–Trinajstić information content (AvgIpc) is 3.11. The number of likely N-dealkylation sites (tertiary alicyclic amines) is 1. The van der Waals surface area contributed by atoms with Crippen LogP contribution in [0.2, 0.25) is 0 Å². The largest absolute Gasteiger partial charge is 0.345 e. The van der Waals surface area contributed by atoms with Crippen molar-refractivity contribution >= 4 is 12.1 Å². The molecule has 2 aliphatic rings. The molecule has 2 fully saturated rings. The maximum atomic E-state index is 13.6. The monoisotopic (exact) mass is 404 g/mol. The number of fused-ring (bicyclic) bond motifs is 1. The zero-order valence-corrected chi connectivity index (χ0v) is 17.4. The molecule has 4 rings (SSSR count). The van der Waals surface area contributed by atoms with Crippen LogP contribution in [0.4, 0.5) is 8.78 Å². The fraction of sp³-hybridized carbons (Fsp3) is 0.682. The van der Waals surface area contributed by atoms with Crippen molar-refractivity contribution in [2.75, 3.05) is 13.1 Å². The van der Waals surface area contributed by atoms with E-state index in [1.165, 1.54) is 0 Å². The SMILES string of the molecule is Cc1cc([C@@H]2CN(C=O)CC[C@@H]2C)n2nc(C3CCC(C(C)(F)F)CC3)cc2n1. The predicted molar refractivity (Wildman–Crippen MR) is 107 cm³/mol. The molecule has 1 aliphatic heterocycles. The molecule has 0 spiro atoms. The Balaban J connectivity index is 1.63. The summed E-state index contributed by atoms with van der Waals surface area (Å²) in [6.07, 6.45) is 4.46. The van der Waals surface area contributed by atoms with Crippen LogP contribution in [0, 0.1) is 18.8 Å². The zero-order chi connectivity index (χ0) is 20.8. The van der Waals surface area contributed by atoms with Crippen LogP contribution in [0.25, 0.3) is 5.65 Å². The Morgan fingerprint density at radius 3 is 2.55 bits per heavy atom. The molecule has 7 heteroatoms. The fourth-order valence-corrected chi connectivity index (χ4v) is 5.08. The van der Waals surface area contributed by atoms with Crippen LogP contribution in [0.1, 0.15) is 74.9 Å². The van der Waals surface area contributed by atoms with Crippen LogP contribution >= 0.6 is 0 Å². The van der Waals surface area contributed by atoms with Crippen LogP contribution in [0.3, 0.4) is 0 Å². The highest BCUT2D eigenvalue weighted by Crippen LogP contribution is 2.42. The molecule has 0 aromatic carbocycles. The number of nitrogens with zero attached hydrogens (tertiary/aromatic N) is 4. The number of piperidine rings is 1. The van der Waals surface area contributed by atoms with Gasteiger partial charge in [-0.1, -0.05) is 6.92 Å². The quantitative estimate of drug-likeness (QED) is 0.703. The van der Waals surface area contributed by atoms with Crippen LogP contribution < -0.4 is 0 Å². The molecular formula is C22H30F2N4O. The number of aryl methyl sites for hydroxylation is 1. The van der Waals surface area contributed by atoms with Crippen LogP contribution in [-0.2, 0) is 4.79 Å². The van der Waals surface area contributed by atoms with E-state index in [1.807, 2.05) is 22.4 Å². The van der Waals surface area contributed by atoms with Gasteiger partial charge in [-0.05, 0) is 57.9 Å². The van der Waals surface area contributed by atoms with E-state index >= 15 is 0 Å². The van der Waals surface area contributed by atoms with Gasteiger partial charge in [-0.2, -0.15) is 5.10 Å². The number of hydrogen-bond acceptors (Lipinski definition) is 3. The minimum absolute atomic E-state index is 0.207. The normalized spacial score (nSPS) is 28.7. The Morgan fingerprint density at radius 2 is 1.90 bits per heavy atom. The number of halogens is 2. The van der Waals surface area contributed by atoms with E-state index in [-0.39, 0.29) is 11.8 Å². The first-order valence-electron chi connectivity index (χ1n) is 10.7. The van der Waals surface area contributed by atoms with Gasteiger partial charge in [0.25, 0.3) is 0 Å². The molecule has 3 heterocycles. The lowest BCUT2D eigenvalue weighted by Gasteiger charge is -2.35. The first kappa shape index (κ1) is 20.2. The molecule has 0 unspecified atom stereocenters. The summed E-state index contributed by atoms with van der Waals surface area (Å²) in [5.41, 5.74) is 3.79. The molecule has 5 nitrogen and oxygen atoms in total. The van der Waals surface area contributed by atoms with E-state index in [0.29, 0.717) is 25.3 Å². The van der Waals surface area contributed by atoms with Gasteiger partial charge in [-0.15, -0.1) is 0 Å². The first-order chi connectivity index (χ1) is 13.8. The highest BCUT2D eigenvalue weighted by atomic mass is 19.3. The zero-order valence-electron chi connectivity index (χ0n) is 17.4. The molecule has 1 aliphatic carbocycles. The highest BCUT2D eigenvalue weighted by Gasteiger charge is 2.38. The molecule has 158 valence electrons. The molecule has 0 radical (unpaired) electrons. The maximum absolute atomic E-state index is 13.6. The Hall–Kier alpha value is -2.05. The minimum atomic E-state index is -2.60. The lowest BCUT2D eigenvalue weighted by molar-refractivity contribution is -0.119. The Kier molecular flexibility index (Phi) is 5.34. The lowest BCUT2D eigenvalue weighted by atomic mass is 9.78. The standard InChI is InChI=1S/C22H30F2N4O/c1-14-8-9-27(13-29)12-18(14)20-10-15(2)25-21-11-19(26-28(20)21)16-4-6-17(7-5-16)22(3,23)24/h10-11,13-14,16-18H,4-9,12H2,1-3H3/t14-,16?,17?,18+/m0/s1.